The lowest BCUT2D eigenvalue weighted by atomic mass is 9.91. The molecule has 0 spiro atoms. The molecule has 0 unspecified atom stereocenters. The average molecular weight is 282 g/mol. The molecule has 0 radical (unpaired) electrons. The van der Waals surface area contributed by atoms with Crippen LogP contribution in [0.1, 0.15) is 39.5 Å². The maximum atomic E-state index is 12.1. The molecule has 0 atom stereocenters. The minimum atomic E-state index is -0.771. The van der Waals surface area contributed by atoms with Crippen molar-refractivity contribution in [2.24, 2.45) is 5.73 Å². The van der Waals surface area contributed by atoms with Gasteiger partial charge in [-0.15, -0.1) is 0 Å². The van der Waals surface area contributed by atoms with Gasteiger partial charge in [-0.05, 0) is 46.6 Å². The monoisotopic (exact) mass is 282 g/mol. The molecule has 20 heavy (non-hydrogen) atoms. The van der Waals surface area contributed by atoms with E-state index in [9.17, 15) is 9.59 Å². The number of amides is 3. The maximum absolute atomic E-state index is 12.1. The SMILES string of the molecule is CN(CCN1C(=O)NC(C)(C)C1=O)C1CCC(N)CC1. The van der Waals surface area contributed by atoms with E-state index in [0.29, 0.717) is 18.6 Å². The molecule has 0 aromatic rings. The summed E-state index contributed by atoms with van der Waals surface area (Å²) in [5, 5.41) is 2.70. The van der Waals surface area contributed by atoms with Crippen LogP contribution in [0.4, 0.5) is 4.79 Å². The van der Waals surface area contributed by atoms with Gasteiger partial charge in [-0.3, -0.25) is 9.69 Å². The largest absolute Gasteiger partial charge is 0.328 e. The molecule has 114 valence electrons. The van der Waals surface area contributed by atoms with E-state index < -0.39 is 5.54 Å². The molecule has 3 amide bonds. The lowest BCUT2D eigenvalue weighted by Crippen LogP contribution is -2.44. The van der Waals surface area contributed by atoms with Gasteiger partial charge in [-0.2, -0.15) is 0 Å². The van der Waals surface area contributed by atoms with Crippen molar-refractivity contribution >= 4 is 11.9 Å². The van der Waals surface area contributed by atoms with Gasteiger partial charge in [0.25, 0.3) is 5.91 Å². The van der Waals surface area contributed by atoms with Crippen LogP contribution in [0, 0.1) is 0 Å². The molecule has 0 bridgehead atoms. The number of rotatable bonds is 4. The van der Waals surface area contributed by atoms with Gasteiger partial charge >= 0.3 is 6.03 Å². The fourth-order valence-electron chi connectivity index (χ4n) is 3.00. The predicted octanol–water partition coefficient (Wildman–Crippen LogP) is 0.519. The van der Waals surface area contributed by atoms with Gasteiger partial charge in [-0.25, -0.2) is 4.79 Å². The quantitative estimate of drug-likeness (QED) is 0.737. The van der Waals surface area contributed by atoms with Gasteiger partial charge in [0.1, 0.15) is 5.54 Å². The second-order valence-corrected chi connectivity index (χ2v) is 6.56. The van der Waals surface area contributed by atoms with Crippen molar-refractivity contribution in [2.45, 2.75) is 57.2 Å². The van der Waals surface area contributed by atoms with Gasteiger partial charge in [0.15, 0.2) is 0 Å². The molecule has 1 aliphatic carbocycles. The van der Waals surface area contributed by atoms with Crippen molar-refractivity contribution in [1.82, 2.24) is 15.1 Å². The van der Waals surface area contributed by atoms with E-state index in [1.807, 2.05) is 0 Å². The van der Waals surface area contributed by atoms with E-state index in [1.54, 1.807) is 13.8 Å². The van der Waals surface area contributed by atoms with Crippen molar-refractivity contribution in [3.05, 3.63) is 0 Å². The Bertz CT molecular complexity index is 389. The molecule has 2 aliphatic rings. The lowest BCUT2D eigenvalue weighted by molar-refractivity contribution is -0.130. The van der Waals surface area contributed by atoms with Crippen LogP contribution < -0.4 is 11.1 Å². The van der Waals surface area contributed by atoms with Gasteiger partial charge in [0.2, 0.25) is 0 Å². The van der Waals surface area contributed by atoms with Crippen molar-refractivity contribution in [3.8, 4) is 0 Å². The van der Waals surface area contributed by atoms with E-state index in [4.69, 9.17) is 5.73 Å². The number of likely N-dealkylation sites (N-methyl/N-ethyl adjacent to an activating group) is 1. The molecule has 6 nitrogen and oxygen atoms in total. The molecule has 1 saturated carbocycles. The zero-order valence-electron chi connectivity index (χ0n) is 12.7. The highest BCUT2D eigenvalue weighted by Crippen LogP contribution is 2.21. The van der Waals surface area contributed by atoms with Crippen LogP contribution in [-0.2, 0) is 4.79 Å². The summed E-state index contributed by atoms with van der Waals surface area (Å²) in [5.41, 5.74) is 5.14. The molecule has 0 aromatic heterocycles. The smallest absolute Gasteiger partial charge is 0.325 e. The van der Waals surface area contributed by atoms with E-state index in [0.717, 1.165) is 32.2 Å². The topological polar surface area (TPSA) is 78.7 Å². The number of nitrogens with two attached hydrogens (primary N) is 1. The Hall–Kier alpha value is -1.14. The Kier molecular flexibility index (Phi) is 4.34. The number of urea groups is 1. The number of carbonyl (C=O) groups is 2. The van der Waals surface area contributed by atoms with Crippen molar-refractivity contribution in [2.75, 3.05) is 20.1 Å². The summed E-state index contributed by atoms with van der Waals surface area (Å²) in [7, 11) is 2.06. The van der Waals surface area contributed by atoms with Crippen LogP contribution in [0.5, 0.6) is 0 Å². The van der Waals surface area contributed by atoms with Crippen molar-refractivity contribution < 1.29 is 9.59 Å². The Morgan fingerprint density at radius 1 is 1.30 bits per heavy atom. The summed E-state index contributed by atoms with van der Waals surface area (Å²) in [6.45, 7) is 4.64. The van der Waals surface area contributed by atoms with Crippen LogP contribution in [0.2, 0.25) is 0 Å². The predicted molar refractivity (Wildman–Crippen MR) is 77.2 cm³/mol. The summed E-state index contributed by atoms with van der Waals surface area (Å²) in [5.74, 6) is -0.137. The summed E-state index contributed by atoms with van der Waals surface area (Å²) in [6, 6.07) is 0.578. The molecule has 2 fully saturated rings. The Labute approximate surface area is 120 Å². The van der Waals surface area contributed by atoms with Gasteiger partial charge in [0, 0.05) is 25.2 Å². The van der Waals surface area contributed by atoms with Crippen LogP contribution in [-0.4, -0.2) is 59.5 Å². The number of nitrogens with one attached hydrogen (secondary N) is 1. The van der Waals surface area contributed by atoms with E-state index >= 15 is 0 Å². The van der Waals surface area contributed by atoms with Crippen LogP contribution in [0.3, 0.4) is 0 Å². The van der Waals surface area contributed by atoms with Crippen molar-refractivity contribution in [1.29, 1.82) is 0 Å². The van der Waals surface area contributed by atoms with Gasteiger partial charge in [-0.1, -0.05) is 0 Å². The average Bonchev–Trinajstić information content (AvgIpc) is 2.57. The van der Waals surface area contributed by atoms with Crippen LogP contribution >= 0.6 is 0 Å². The second kappa shape index (κ2) is 5.69. The van der Waals surface area contributed by atoms with E-state index in [1.165, 1.54) is 4.90 Å². The first kappa shape index (κ1) is 15.3. The molecular weight excluding hydrogens is 256 g/mol. The third-order valence-electron chi connectivity index (χ3n) is 4.49. The van der Waals surface area contributed by atoms with Crippen molar-refractivity contribution in [3.63, 3.8) is 0 Å². The maximum Gasteiger partial charge on any atom is 0.325 e. The number of carbonyl (C=O) groups excluding carboxylic acids is 2. The second-order valence-electron chi connectivity index (χ2n) is 6.56. The van der Waals surface area contributed by atoms with Crippen LogP contribution in [0.15, 0.2) is 0 Å². The molecule has 3 N–H and O–H groups in total. The molecule has 2 rings (SSSR count). The first-order chi connectivity index (χ1) is 9.31. The summed E-state index contributed by atoms with van der Waals surface area (Å²) in [6.07, 6.45) is 4.32. The van der Waals surface area contributed by atoms with Gasteiger partial charge < -0.3 is 16.0 Å². The summed E-state index contributed by atoms with van der Waals surface area (Å²) < 4.78 is 0. The van der Waals surface area contributed by atoms with E-state index in [-0.39, 0.29) is 11.9 Å². The molecule has 1 saturated heterocycles. The zero-order valence-corrected chi connectivity index (χ0v) is 12.7. The minimum Gasteiger partial charge on any atom is -0.328 e. The fourth-order valence-corrected chi connectivity index (χ4v) is 3.00. The first-order valence-electron chi connectivity index (χ1n) is 7.41. The number of imide groups is 1. The normalized spacial score (nSPS) is 29.9. The Morgan fingerprint density at radius 2 is 1.90 bits per heavy atom. The molecular formula is C14H26N4O2. The highest BCUT2D eigenvalue weighted by Gasteiger charge is 2.44. The minimum absolute atomic E-state index is 0.137. The third kappa shape index (κ3) is 3.12. The summed E-state index contributed by atoms with van der Waals surface area (Å²) in [4.78, 5) is 27.4. The first-order valence-corrected chi connectivity index (χ1v) is 7.41. The van der Waals surface area contributed by atoms with Gasteiger partial charge in [0.05, 0.1) is 0 Å². The number of nitrogens with zero attached hydrogens (tertiary/aromatic N) is 2. The highest BCUT2D eigenvalue weighted by molar-refractivity contribution is 6.06. The standard InChI is InChI=1S/C14H26N4O2/c1-14(2)12(19)18(13(20)16-14)9-8-17(3)11-6-4-10(15)5-7-11/h10-11H,4-9,15H2,1-3H3,(H,16,20). The number of hydrogen-bond donors (Lipinski definition) is 2. The lowest BCUT2D eigenvalue weighted by Gasteiger charge is -2.34. The van der Waals surface area contributed by atoms with Crippen LogP contribution in [0.25, 0.3) is 0 Å². The fraction of sp³-hybridized carbons (Fsp3) is 0.857. The molecule has 1 aliphatic heterocycles. The number of hydrogen-bond acceptors (Lipinski definition) is 4. The Balaban J connectivity index is 1.83. The Morgan fingerprint density at radius 3 is 2.40 bits per heavy atom. The molecule has 0 aromatic carbocycles. The third-order valence-corrected chi connectivity index (χ3v) is 4.49. The molecule has 6 heteroatoms. The van der Waals surface area contributed by atoms with E-state index in [2.05, 4.69) is 17.3 Å². The summed E-state index contributed by atoms with van der Waals surface area (Å²) >= 11 is 0. The highest BCUT2D eigenvalue weighted by atomic mass is 16.2. The zero-order chi connectivity index (χ0) is 14.9. The molecule has 1 heterocycles.